The summed E-state index contributed by atoms with van der Waals surface area (Å²) in [5.74, 6) is -0.709. The van der Waals surface area contributed by atoms with Crippen LogP contribution in [0.1, 0.15) is 6.42 Å². The summed E-state index contributed by atoms with van der Waals surface area (Å²) in [6.07, 6.45) is 0.666. The molecule has 0 aliphatic heterocycles. The first kappa shape index (κ1) is 11.3. The van der Waals surface area contributed by atoms with Crippen LogP contribution in [0.3, 0.4) is 0 Å². The van der Waals surface area contributed by atoms with Crippen molar-refractivity contribution in [3.63, 3.8) is 0 Å². The second-order valence-corrected chi connectivity index (χ2v) is 4.19. The SMILES string of the molecule is CS(=O)(=O)NC(=O)CC(N)CO. The van der Waals surface area contributed by atoms with Crippen LogP contribution in [-0.2, 0) is 14.8 Å². The third-order valence-electron chi connectivity index (χ3n) is 0.981. The molecule has 0 saturated carbocycles. The molecule has 0 aromatic carbocycles. The smallest absolute Gasteiger partial charge is 0.235 e. The zero-order valence-electron chi connectivity index (χ0n) is 6.65. The van der Waals surface area contributed by atoms with Crippen molar-refractivity contribution in [2.45, 2.75) is 12.5 Å². The Morgan fingerprint density at radius 1 is 1.67 bits per heavy atom. The minimum Gasteiger partial charge on any atom is -0.395 e. The molecule has 0 saturated heterocycles. The van der Waals surface area contributed by atoms with Crippen molar-refractivity contribution in [3.05, 3.63) is 0 Å². The molecule has 0 spiro atoms. The normalized spacial score (nSPS) is 13.9. The van der Waals surface area contributed by atoms with Crippen molar-refractivity contribution in [2.75, 3.05) is 12.9 Å². The molecular formula is C5H12N2O4S. The molecule has 12 heavy (non-hydrogen) atoms. The van der Waals surface area contributed by atoms with Gasteiger partial charge < -0.3 is 10.8 Å². The lowest BCUT2D eigenvalue weighted by molar-refractivity contribution is -0.119. The Morgan fingerprint density at radius 3 is 2.50 bits per heavy atom. The van der Waals surface area contributed by atoms with E-state index in [0.29, 0.717) is 0 Å². The van der Waals surface area contributed by atoms with E-state index in [1.165, 1.54) is 0 Å². The molecule has 0 bridgehead atoms. The second-order valence-electron chi connectivity index (χ2n) is 2.44. The number of aliphatic hydroxyl groups is 1. The van der Waals surface area contributed by atoms with Gasteiger partial charge in [-0.3, -0.25) is 9.52 Å². The monoisotopic (exact) mass is 196 g/mol. The number of carbonyl (C=O) groups excluding carboxylic acids is 1. The van der Waals surface area contributed by atoms with E-state index in [1.807, 2.05) is 0 Å². The van der Waals surface area contributed by atoms with E-state index in [0.717, 1.165) is 6.26 Å². The van der Waals surface area contributed by atoms with Crippen LogP contribution in [0.25, 0.3) is 0 Å². The van der Waals surface area contributed by atoms with E-state index in [-0.39, 0.29) is 13.0 Å². The van der Waals surface area contributed by atoms with Crippen LogP contribution in [0.2, 0.25) is 0 Å². The molecule has 0 heterocycles. The fourth-order valence-corrected chi connectivity index (χ4v) is 1.05. The largest absolute Gasteiger partial charge is 0.395 e. The highest BCUT2D eigenvalue weighted by molar-refractivity contribution is 7.89. The van der Waals surface area contributed by atoms with Gasteiger partial charge in [0.2, 0.25) is 15.9 Å². The predicted octanol–water partition coefficient (Wildman–Crippen LogP) is -2.23. The highest BCUT2D eigenvalue weighted by atomic mass is 32.2. The van der Waals surface area contributed by atoms with Crippen LogP contribution in [0.15, 0.2) is 0 Å². The van der Waals surface area contributed by atoms with E-state index in [2.05, 4.69) is 0 Å². The minimum absolute atomic E-state index is 0.205. The number of hydrogen-bond acceptors (Lipinski definition) is 5. The Bertz CT molecular complexity index is 248. The van der Waals surface area contributed by atoms with Gasteiger partial charge >= 0.3 is 0 Å². The molecule has 4 N–H and O–H groups in total. The standard InChI is InChI=1S/C5H12N2O4S/c1-12(10,11)7-5(9)2-4(6)3-8/h4,8H,2-3,6H2,1H3,(H,7,9). The highest BCUT2D eigenvalue weighted by Crippen LogP contribution is 1.87. The maximum atomic E-state index is 10.7. The second kappa shape index (κ2) is 4.39. The van der Waals surface area contributed by atoms with Gasteiger partial charge in [-0.15, -0.1) is 0 Å². The number of nitrogens with one attached hydrogen (secondary N) is 1. The van der Waals surface area contributed by atoms with Crippen molar-refractivity contribution in [1.82, 2.24) is 4.72 Å². The average molecular weight is 196 g/mol. The van der Waals surface area contributed by atoms with Crippen LogP contribution in [0.4, 0.5) is 0 Å². The molecule has 0 fully saturated rings. The number of rotatable bonds is 4. The first-order chi connectivity index (χ1) is 5.35. The van der Waals surface area contributed by atoms with Gasteiger partial charge in [0.25, 0.3) is 0 Å². The summed E-state index contributed by atoms with van der Waals surface area (Å²) in [6.45, 7) is -0.350. The Labute approximate surface area is 70.8 Å². The van der Waals surface area contributed by atoms with Crippen molar-refractivity contribution >= 4 is 15.9 Å². The van der Waals surface area contributed by atoms with Crippen LogP contribution < -0.4 is 10.5 Å². The molecule has 0 aromatic heterocycles. The molecule has 7 heteroatoms. The number of hydrogen-bond donors (Lipinski definition) is 3. The number of amides is 1. The lowest BCUT2D eigenvalue weighted by Crippen LogP contribution is -2.36. The summed E-state index contributed by atoms with van der Waals surface area (Å²) < 4.78 is 22.7. The van der Waals surface area contributed by atoms with Crippen LogP contribution >= 0.6 is 0 Å². The maximum absolute atomic E-state index is 10.7. The van der Waals surface area contributed by atoms with Gasteiger partial charge in [-0.1, -0.05) is 0 Å². The van der Waals surface area contributed by atoms with E-state index >= 15 is 0 Å². The predicted molar refractivity (Wildman–Crippen MR) is 42.7 cm³/mol. The Kier molecular flexibility index (Phi) is 4.15. The number of sulfonamides is 1. The topological polar surface area (TPSA) is 109 Å². The zero-order chi connectivity index (χ0) is 9.78. The third kappa shape index (κ3) is 6.08. The lowest BCUT2D eigenvalue weighted by Gasteiger charge is -2.06. The van der Waals surface area contributed by atoms with Crippen LogP contribution in [0, 0.1) is 0 Å². The fourth-order valence-electron chi connectivity index (χ4n) is 0.551. The summed E-state index contributed by atoms with van der Waals surface area (Å²) in [5, 5.41) is 8.43. The molecule has 0 radical (unpaired) electrons. The third-order valence-corrected chi connectivity index (χ3v) is 1.58. The lowest BCUT2D eigenvalue weighted by atomic mass is 10.2. The van der Waals surface area contributed by atoms with Crippen molar-refractivity contribution in [1.29, 1.82) is 0 Å². The van der Waals surface area contributed by atoms with Crippen LogP contribution in [-0.4, -0.2) is 38.3 Å². The molecule has 0 aliphatic rings. The Morgan fingerprint density at radius 2 is 2.17 bits per heavy atom. The van der Waals surface area contributed by atoms with Crippen molar-refractivity contribution in [3.8, 4) is 0 Å². The van der Waals surface area contributed by atoms with Gasteiger partial charge in [-0.2, -0.15) is 0 Å². The minimum atomic E-state index is -3.51. The fraction of sp³-hybridized carbons (Fsp3) is 0.800. The zero-order valence-corrected chi connectivity index (χ0v) is 7.47. The van der Waals surface area contributed by atoms with Gasteiger partial charge in [0, 0.05) is 12.5 Å². The number of carbonyl (C=O) groups is 1. The van der Waals surface area contributed by atoms with Gasteiger partial charge in [-0.25, -0.2) is 8.42 Å². The summed E-state index contributed by atoms with van der Waals surface area (Å²) in [7, 11) is -3.51. The summed E-state index contributed by atoms with van der Waals surface area (Å²) >= 11 is 0. The van der Waals surface area contributed by atoms with Crippen molar-refractivity contribution < 1.29 is 18.3 Å². The van der Waals surface area contributed by atoms with E-state index in [4.69, 9.17) is 10.8 Å². The first-order valence-corrected chi connectivity index (χ1v) is 5.11. The van der Waals surface area contributed by atoms with Gasteiger partial charge in [0.1, 0.15) is 0 Å². The molecule has 72 valence electrons. The van der Waals surface area contributed by atoms with E-state index in [1.54, 1.807) is 4.72 Å². The molecule has 1 amide bonds. The maximum Gasteiger partial charge on any atom is 0.235 e. The van der Waals surface area contributed by atoms with Gasteiger partial charge in [0.15, 0.2) is 0 Å². The van der Waals surface area contributed by atoms with Crippen LogP contribution in [0.5, 0.6) is 0 Å². The molecular weight excluding hydrogens is 184 g/mol. The molecule has 0 rings (SSSR count). The van der Waals surface area contributed by atoms with Crippen molar-refractivity contribution in [2.24, 2.45) is 5.73 Å². The Balaban J connectivity index is 3.92. The quantitative estimate of drug-likeness (QED) is 0.471. The molecule has 1 unspecified atom stereocenters. The number of nitrogens with two attached hydrogens (primary N) is 1. The number of aliphatic hydroxyl groups excluding tert-OH is 1. The summed E-state index contributed by atoms with van der Waals surface area (Å²) in [5.41, 5.74) is 5.19. The Hall–Kier alpha value is -0.660. The molecule has 6 nitrogen and oxygen atoms in total. The molecule has 0 aliphatic carbocycles. The van der Waals surface area contributed by atoms with E-state index < -0.39 is 22.0 Å². The average Bonchev–Trinajstić information content (AvgIpc) is 1.82. The first-order valence-electron chi connectivity index (χ1n) is 3.22. The molecule has 0 aromatic rings. The van der Waals surface area contributed by atoms with Gasteiger partial charge in [-0.05, 0) is 0 Å². The summed E-state index contributed by atoms with van der Waals surface area (Å²) in [4.78, 5) is 10.7. The van der Waals surface area contributed by atoms with Gasteiger partial charge in [0.05, 0.1) is 12.9 Å². The summed E-state index contributed by atoms with van der Waals surface area (Å²) in [6, 6.07) is -0.716. The van der Waals surface area contributed by atoms with E-state index in [9.17, 15) is 13.2 Å². The highest BCUT2D eigenvalue weighted by Gasteiger charge is 2.11. The molecule has 1 atom stereocenters.